The maximum absolute atomic E-state index is 13.0. The minimum atomic E-state index is -0.211. The molecule has 0 radical (unpaired) electrons. The quantitative estimate of drug-likeness (QED) is 0.726. The molecule has 2 unspecified atom stereocenters. The smallest absolute Gasteiger partial charge is 0.123 e. The van der Waals surface area contributed by atoms with Crippen LogP contribution in [0.2, 0.25) is 0 Å². The van der Waals surface area contributed by atoms with Crippen LogP contribution in [-0.2, 0) is 0 Å². The molecule has 2 atom stereocenters. The molecule has 0 amide bonds. The fourth-order valence-corrected chi connectivity index (χ4v) is 2.65. The lowest BCUT2D eigenvalue weighted by Gasteiger charge is -2.36. The molecule has 114 valence electrons. The highest BCUT2D eigenvalue weighted by atomic mass is 19.1. The van der Waals surface area contributed by atoms with Crippen molar-refractivity contribution in [3.05, 3.63) is 35.6 Å². The van der Waals surface area contributed by atoms with Gasteiger partial charge < -0.3 is 5.73 Å². The summed E-state index contributed by atoms with van der Waals surface area (Å²) >= 11 is 0. The van der Waals surface area contributed by atoms with Gasteiger partial charge in [0.1, 0.15) is 5.82 Å². The Morgan fingerprint density at radius 2 is 1.70 bits per heavy atom. The van der Waals surface area contributed by atoms with E-state index in [-0.39, 0.29) is 17.9 Å². The number of unbranched alkanes of at least 4 members (excludes halogenated alkanes) is 2. The first-order chi connectivity index (χ1) is 9.47. The van der Waals surface area contributed by atoms with Gasteiger partial charge in [0, 0.05) is 18.1 Å². The van der Waals surface area contributed by atoms with Gasteiger partial charge in [-0.3, -0.25) is 4.90 Å². The molecule has 0 heterocycles. The van der Waals surface area contributed by atoms with Gasteiger partial charge >= 0.3 is 0 Å². The van der Waals surface area contributed by atoms with E-state index in [1.54, 1.807) is 12.1 Å². The van der Waals surface area contributed by atoms with E-state index in [1.807, 2.05) is 0 Å². The van der Waals surface area contributed by atoms with Crippen molar-refractivity contribution in [2.75, 3.05) is 6.54 Å². The monoisotopic (exact) mass is 280 g/mol. The zero-order valence-corrected chi connectivity index (χ0v) is 13.3. The average molecular weight is 280 g/mol. The summed E-state index contributed by atoms with van der Waals surface area (Å²) in [5.41, 5.74) is 7.37. The van der Waals surface area contributed by atoms with Gasteiger partial charge in [0.15, 0.2) is 0 Å². The van der Waals surface area contributed by atoms with E-state index in [1.165, 1.54) is 31.4 Å². The van der Waals surface area contributed by atoms with Crippen LogP contribution in [0.1, 0.15) is 58.6 Å². The Labute approximate surface area is 123 Å². The summed E-state index contributed by atoms with van der Waals surface area (Å²) in [4.78, 5) is 2.45. The molecule has 20 heavy (non-hydrogen) atoms. The van der Waals surface area contributed by atoms with E-state index in [9.17, 15) is 4.39 Å². The van der Waals surface area contributed by atoms with E-state index in [0.29, 0.717) is 6.04 Å². The van der Waals surface area contributed by atoms with Gasteiger partial charge in [-0.25, -0.2) is 4.39 Å². The first-order valence-electron chi connectivity index (χ1n) is 7.74. The molecular formula is C17H29FN2. The number of rotatable bonds is 8. The van der Waals surface area contributed by atoms with Crippen molar-refractivity contribution < 1.29 is 4.39 Å². The topological polar surface area (TPSA) is 29.3 Å². The second kappa shape index (κ2) is 8.38. The first kappa shape index (κ1) is 17.1. The van der Waals surface area contributed by atoms with Gasteiger partial charge in [0.2, 0.25) is 0 Å². The third-order valence-corrected chi connectivity index (χ3v) is 3.98. The molecule has 2 nitrogen and oxygen atoms in total. The summed E-state index contributed by atoms with van der Waals surface area (Å²) in [6, 6.07) is 7.18. The maximum atomic E-state index is 13.0. The molecule has 0 aliphatic rings. The molecule has 0 bridgehead atoms. The van der Waals surface area contributed by atoms with Crippen molar-refractivity contribution in [1.82, 2.24) is 4.90 Å². The van der Waals surface area contributed by atoms with Gasteiger partial charge in [-0.15, -0.1) is 0 Å². The summed E-state index contributed by atoms with van der Waals surface area (Å²) in [6.45, 7) is 9.87. The molecule has 0 saturated heterocycles. The molecule has 1 aromatic carbocycles. The molecule has 1 rings (SSSR count). The van der Waals surface area contributed by atoms with Gasteiger partial charge in [-0.1, -0.05) is 31.9 Å². The zero-order valence-electron chi connectivity index (χ0n) is 13.3. The van der Waals surface area contributed by atoms with Crippen LogP contribution < -0.4 is 5.73 Å². The van der Waals surface area contributed by atoms with Crippen LogP contribution in [0.3, 0.4) is 0 Å². The Hall–Kier alpha value is -0.930. The molecular weight excluding hydrogens is 251 g/mol. The van der Waals surface area contributed by atoms with Crippen molar-refractivity contribution in [3.63, 3.8) is 0 Å². The predicted molar refractivity (Wildman–Crippen MR) is 84.2 cm³/mol. The molecule has 0 spiro atoms. The number of nitrogens with zero attached hydrogens (tertiary/aromatic N) is 1. The number of benzene rings is 1. The van der Waals surface area contributed by atoms with Gasteiger partial charge in [-0.2, -0.15) is 0 Å². The van der Waals surface area contributed by atoms with E-state index in [0.717, 1.165) is 12.1 Å². The maximum Gasteiger partial charge on any atom is 0.123 e. The van der Waals surface area contributed by atoms with Crippen molar-refractivity contribution >= 4 is 0 Å². The Bertz CT molecular complexity index is 375. The van der Waals surface area contributed by atoms with E-state index in [4.69, 9.17) is 5.73 Å². The minimum absolute atomic E-state index is 0.0837. The summed E-state index contributed by atoms with van der Waals surface area (Å²) in [5, 5.41) is 0. The summed E-state index contributed by atoms with van der Waals surface area (Å²) < 4.78 is 13.0. The van der Waals surface area contributed by atoms with Crippen LogP contribution in [0.15, 0.2) is 24.3 Å². The third-order valence-electron chi connectivity index (χ3n) is 3.98. The second-order valence-electron chi connectivity index (χ2n) is 5.86. The van der Waals surface area contributed by atoms with Gasteiger partial charge in [0.05, 0.1) is 0 Å². The first-order valence-corrected chi connectivity index (χ1v) is 7.74. The van der Waals surface area contributed by atoms with Gasteiger partial charge in [0.25, 0.3) is 0 Å². The molecule has 3 heteroatoms. The minimum Gasteiger partial charge on any atom is -0.323 e. The summed E-state index contributed by atoms with van der Waals surface area (Å²) in [5.74, 6) is -0.211. The predicted octanol–water partition coefficient (Wildman–Crippen LogP) is 4.11. The second-order valence-corrected chi connectivity index (χ2v) is 5.86. The number of hydrogen-bond donors (Lipinski definition) is 1. The van der Waals surface area contributed by atoms with Crippen molar-refractivity contribution in [2.24, 2.45) is 5.73 Å². The number of nitrogens with two attached hydrogens (primary N) is 1. The van der Waals surface area contributed by atoms with Crippen molar-refractivity contribution in [2.45, 2.75) is 65.1 Å². The lowest BCUT2D eigenvalue weighted by molar-refractivity contribution is 0.140. The van der Waals surface area contributed by atoms with Crippen LogP contribution >= 0.6 is 0 Å². The molecule has 0 aliphatic heterocycles. The van der Waals surface area contributed by atoms with Crippen LogP contribution in [0.4, 0.5) is 4.39 Å². The molecule has 0 aromatic heterocycles. The summed E-state index contributed by atoms with van der Waals surface area (Å²) in [7, 11) is 0. The molecule has 1 aromatic rings. The highest BCUT2D eigenvalue weighted by Gasteiger charge is 2.23. The average Bonchev–Trinajstić information content (AvgIpc) is 2.42. The number of hydrogen-bond acceptors (Lipinski definition) is 2. The van der Waals surface area contributed by atoms with Crippen LogP contribution in [-0.4, -0.2) is 23.5 Å². The zero-order chi connectivity index (χ0) is 15.1. The largest absolute Gasteiger partial charge is 0.323 e. The third kappa shape index (κ3) is 4.88. The highest BCUT2D eigenvalue weighted by molar-refractivity contribution is 5.21. The van der Waals surface area contributed by atoms with Crippen molar-refractivity contribution in [3.8, 4) is 0 Å². The number of halogens is 1. The fraction of sp³-hybridized carbons (Fsp3) is 0.647. The Morgan fingerprint density at radius 1 is 1.10 bits per heavy atom. The lowest BCUT2D eigenvalue weighted by atomic mass is 9.98. The standard InChI is InChI=1S/C17H29FN2/c1-5-6-7-12-20(13(2)3)14(4)17(19)15-8-10-16(18)11-9-15/h8-11,13-14,17H,5-7,12,19H2,1-4H3. The van der Waals surface area contributed by atoms with Crippen LogP contribution in [0.25, 0.3) is 0 Å². The van der Waals surface area contributed by atoms with Crippen molar-refractivity contribution in [1.29, 1.82) is 0 Å². The Kier molecular flexibility index (Phi) is 7.17. The molecule has 0 aliphatic carbocycles. The van der Waals surface area contributed by atoms with Crippen LogP contribution in [0, 0.1) is 5.82 Å². The molecule has 0 fully saturated rings. The SMILES string of the molecule is CCCCCN(C(C)C)C(C)C(N)c1ccc(F)cc1. The van der Waals surface area contributed by atoms with Crippen LogP contribution in [0.5, 0.6) is 0 Å². The van der Waals surface area contributed by atoms with E-state index < -0.39 is 0 Å². The Morgan fingerprint density at radius 3 is 2.20 bits per heavy atom. The van der Waals surface area contributed by atoms with E-state index >= 15 is 0 Å². The van der Waals surface area contributed by atoms with E-state index in [2.05, 4.69) is 32.6 Å². The highest BCUT2D eigenvalue weighted by Crippen LogP contribution is 2.21. The lowest BCUT2D eigenvalue weighted by Crippen LogP contribution is -2.45. The molecule has 0 saturated carbocycles. The Balaban J connectivity index is 2.72. The van der Waals surface area contributed by atoms with Gasteiger partial charge in [-0.05, 0) is 51.4 Å². The fourth-order valence-electron chi connectivity index (χ4n) is 2.65. The molecule has 2 N–H and O–H groups in total. The summed E-state index contributed by atoms with van der Waals surface area (Å²) in [6.07, 6.45) is 3.68. The normalized spacial score (nSPS) is 14.8.